The third-order valence-corrected chi connectivity index (χ3v) is 5.36. The number of nitrogens with zero attached hydrogens (tertiary/aromatic N) is 3. The molecule has 2 aromatic rings. The number of hydrogen-bond acceptors (Lipinski definition) is 4. The number of rotatable bonds is 3. The maximum atomic E-state index is 9.99. The second kappa shape index (κ2) is 6.94. The highest BCUT2D eigenvalue weighted by atomic mass is 16.3. The molecule has 4 heteroatoms. The molecule has 4 rings (SSSR count). The molecule has 134 valence electrons. The van der Waals surface area contributed by atoms with Crippen LogP contribution in [0.3, 0.4) is 0 Å². The monoisotopic (exact) mass is 347 g/mol. The van der Waals surface area contributed by atoms with Crippen LogP contribution in [0.25, 0.3) is 10.9 Å². The molecule has 1 aromatic carbocycles. The minimum absolute atomic E-state index is 0.127. The van der Waals surface area contributed by atoms with Crippen LogP contribution < -0.4 is 4.90 Å². The lowest BCUT2D eigenvalue weighted by molar-refractivity contribution is 0.429. The number of aliphatic hydroxyl groups excluding tert-OH is 1. The molecule has 1 aliphatic heterocycles. The van der Waals surface area contributed by atoms with E-state index < -0.39 is 0 Å². The maximum Gasteiger partial charge on any atom is 0.142 e. The molecule has 1 aromatic heterocycles. The Morgan fingerprint density at radius 1 is 1.23 bits per heavy atom. The van der Waals surface area contributed by atoms with Gasteiger partial charge >= 0.3 is 0 Å². The van der Waals surface area contributed by atoms with Crippen molar-refractivity contribution in [3.05, 3.63) is 65.7 Å². The van der Waals surface area contributed by atoms with E-state index >= 15 is 0 Å². The lowest BCUT2D eigenvalue weighted by atomic mass is 10.1. The molecular formula is C22H25N3O. The maximum absolute atomic E-state index is 9.99. The van der Waals surface area contributed by atoms with E-state index in [1.165, 1.54) is 18.4 Å². The van der Waals surface area contributed by atoms with E-state index in [0.29, 0.717) is 0 Å². The number of aromatic nitrogens is 2. The minimum Gasteiger partial charge on any atom is -0.508 e. The van der Waals surface area contributed by atoms with Gasteiger partial charge in [0.1, 0.15) is 17.4 Å². The van der Waals surface area contributed by atoms with Crippen molar-refractivity contribution >= 4 is 16.7 Å². The van der Waals surface area contributed by atoms with Crippen LogP contribution in [0.15, 0.2) is 54.3 Å². The van der Waals surface area contributed by atoms with Crippen molar-refractivity contribution in [2.75, 3.05) is 18.0 Å². The summed E-state index contributed by atoms with van der Waals surface area (Å²) in [7, 11) is 0. The number of aryl methyl sites for hydroxylation is 1. The SMILES string of the molecule is CCC1CCN(c2nc(C3C=CC=CC(O)=C3)nc3cc(C)ccc23)C1. The standard InChI is InChI=1S/C22H25N3O/c1-3-16-10-11-25(14-16)22-19-9-8-15(2)12-20(19)23-21(24-22)17-6-4-5-7-18(26)13-17/h4-9,12-13,16-17,26H,3,10-11,14H2,1-2H3. The Bertz CT molecular complexity index is 913. The van der Waals surface area contributed by atoms with Crippen LogP contribution in [0.1, 0.15) is 37.1 Å². The van der Waals surface area contributed by atoms with Crippen LogP contribution in [0.2, 0.25) is 0 Å². The molecule has 2 atom stereocenters. The fraction of sp³-hybridized carbons (Fsp3) is 0.364. The summed E-state index contributed by atoms with van der Waals surface area (Å²) in [5.74, 6) is 2.63. The van der Waals surface area contributed by atoms with Crippen molar-refractivity contribution in [2.45, 2.75) is 32.6 Å². The van der Waals surface area contributed by atoms with E-state index in [-0.39, 0.29) is 11.7 Å². The smallest absolute Gasteiger partial charge is 0.142 e. The molecule has 0 bridgehead atoms. The first-order valence-corrected chi connectivity index (χ1v) is 9.43. The van der Waals surface area contributed by atoms with Gasteiger partial charge < -0.3 is 10.0 Å². The Morgan fingerprint density at radius 2 is 2.12 bits per heavy atom. The quantitative estimate of drug-likeness (QED) is 0.864. The molecular weight excluding hydrogens is 322 g/mol. The summed E-state index contributed by atoms with van der Waals surface area (Å²) in [6.07, 6.45) is 11.7. The van der Waals surface area contributed by atoms with E-state index in [2.05, 4.69) is 36.9 Å². The van der Waals surface area contributed by atoms with Gasteiger partial charge in [-0.1, -0.05) is 37.6 Å². The summed E-state index contributed by atoms with van der Waals surface area (Å²) in [6, 6.07) is 6.39. The van der Waals surface area contributed by atoms with Gasteiger partial charge in [0.15, 0.2) is 0 Å². The molecule has 1 aliphatic carbocycles. The van der Waals surface area contributed by atoms with Gasteiger partial charge in [-0.05, 0) is 49.1 Å². The zero-order valence-corrected chi connectivity index (χ0v) is 15.4. The van der Waals surface area contributed by atoms with Crippen LogP contribution in [0.4, 0.5) is 5.82 Å². The summed E-state index contributed by atoms with van der Waals surface area (Å²) in [5, 5.41) is 11.1. The van der Waals surface area contributed by atoms with Gasteiger partial charge in [-0.25, -0.2) is 9.97 Å². The average Bonchev–Trinajstić information content (AvgIpc) is 3.01. The third kappa shape index (κ3) is 3.24. The molecule has 2 unspecified atom stereocenters. The van der Waals surface area contributed by atoms with Crippen LogP contribution in [-0.2, 0) is 0 Å². The van der Waals surface area contributed by atoms with Gasteiger partial charge in [-0.3, -0.25) is 0 Å². The highest BCUT2D eigenvalue weighted by Gasteiger charge is 2.25. The Labute approximate surface area is 154 Å². The van der Waals surface area contributed by atoms with Crippen LogP contribution in [0, 0.1) is 12.8 Å². The topological polar surface area (TPSA) is 49.2 Å². The van der Waals surface area contributed by atoms with Crippen molar-refractivity contribution in [2.24, 2.45) is 5.92 Å². The number of anilines is 1. The van der Waals surface area contributed by atoms with Gasteiger partial charge in [-0.2, -0.15) is 0 Å². The molecule has 26 heavy (non-hydrogen) atoms. The number of fused-ring (bicyclic) bond motifs is 1. The number of benzene rings is 1. The predicted octanol–water partition coefficient (Wildman–Crippen LogP) is 4.83. The highest BCUT2D eigenvalue weighted by Crippen LogP contribution is 2.32. The third-order valence-electron chi connectivity index (χ3n) is 5.36. The van der Waals surface area contributed by atoms with E-state index in [0.717, 1.165) is 41.6 Å². The summed E-state index contributed by atoms with van der Waals surface area (Å²) < 4.78 is 0. The first-order chi connectivity index (χ1) is 12.6. The molecule has 1 saturated heterocycles. The molecule has 1 N–H and O–H groups in total. The second-order valence-corrected chi connectivity index (χ2v) is 7.30. The Kier molecular flexibility index (Phi) is 4.49. The van der Waals surface area contributed by atoms with Crippen molar-refractivity contribution in [1.82, 2.24) is 9.97 Å². The van der Waals surface area contributed by atoms with Gasteiger partial charge in [-0.15, -0.1) is 0 Å². The minimum atomic E-state index is -0.127. The lowest BCUT2D eigenvalue weighted by Crippen LogP contribution is -2.22. The molecule has 0 spiro atoms. The summed E-state index contributed by atoms with van der Waals surface area (Å²) >= 11 is 0. The van der Waals surface area contributed by atoms with Crippen LogP contribution >= 0.6 is 0 Å². The largest absolute Gasteiger partial charge is 0.508 e. The number of allylic oxidation sites excluding steroid dienone is 5. The lowest BCUT2D eigenvalue weighted by Gasteiger charge is -2.21. The molecule has 0 amide bonds. The van der Waals surface area contributed by atoms with Gasteiger partial charge in [0, 0.05) is 18.5 Å². The zero-order valence-electron chi connectivity index (χ0n) is 15.4. The Morgan fingerprint density at radius 3 is 2.92 bits per heavy atom. The van der Waals surface area contributed by atoms with Crippen LogP contribution in [0.5, 0.6) is 0 Å². The number of aliphatic hydroxyl groups is 1. The fourth-order valence-electron chi connectivity index (χ4n) is 3.78. The average molecular weight is 347 g/mol. The molecule has 2 heterocycles. The molecule has 0 radical (unpaired) electrons. The molecule has 1 fully saturated rings. The number of hydrogen-bond donors (Lipinski definition) is 1. The predicted molar refractivity (Wildman–Crippen MR) is 107 cm³/mol. The first-order valence-electron chi connectivity index (χ1n) is 9.43. The molecule has 0 saturated carbocycles. The van der Waals surface area contributed by atoms with E-state index in [1.54, 1.807) is 12.2 Å². The summed E-state index contributed by atoms with van der Waals surface area (Å²) in [6.45, 7) is 6.45. The van der Waals surface area contributed by atoms with E-state index in [9.17, 15) is 5.11 Å². The highest BCUT2D eigenvalue weighted by molar-refractivity contribution is 5.90. The van der Waals surface area contributed by atoms with Gasteiger partial charge in [0.25, 0.3) is 0 Å². The first kappa shape index (κ1) is 16.8. The molecule has 2 aliphatic rings. The van der Waals surface area contributed by atoms with E-state index in [4.69, 9.17) is 9.97 Å². The van der Waals surface area contributed by atoms with E-state index in [1.807, 2.05) is 18.2 Å². The Hall–Kier alpha value is -2.62. The van der Waals surface area contributed by atoms with Crippen molar-refractivity contribution in [1.29, 1.82) is 0 Å². The summed E-state index contributed by atoms with van der Waals surface area (Å²) in [5.41, 5.74) is 2.17. The Balaban J connectivity index is 1.83. The van der Waals surface area contributed by atoms with Crippen LogP contribution in [-0.4, -0.2) is 28.2 Å². The summed E-state index contributed by atoms with van der Waals surface area (Å²) in [4.78, 5) is 12.2. The molecule has 4 nitrogen and oxygen atoms in total. The zero-order chi connectivity index (χ0) is 18.1. The fourth-order valence-corrected chi connectivity index (χ4v) is 3.78. The van der Waals surface area contributed by atoms with Crippen molar-refractivity contribution < 1.29 is 5.11 Å². The van der Waals surface area contributed by atoms with Crippen molar-refractivity contribution in [3.63, 3.8) is 0 Å². The van der Waals surface area contributed by atoms with Crippen molar-refractivity contribution in [3.8, 4) is 0 Å². The second-order valence-electron chi connectivity index (χ2n) is 7.30. The van der Waals surface area contributed by atoms with Gasteiger partial charge in [0.2, 0.25) is 0 Å². The van der Waals surface area contributed by atoms with Gasteiger partial charge in [0.05, 0.1) is 11.4 Å². The normalized spacial score (nSPS) is 22.7.